The molecule has 0 saturated carbocycles. The van der Waals surface area contributed by atoms with Crippen LogP contribution in [0.1, 0.15) is 37.8 Å². The molecule has 1 aliphatic heterocycles. The summed E-state index contributed by atoms with van der Waals surface area (Å²) in [4.78, 5) is 27.1. The van der Waals surface area contributed by atoms with E-state index < -0.39 is 11.4 Å². The zero-order valence-electron chi connectivity index (χ0n) is 16.8. The molecule has 1 aliphatic rings. The second-order valence-corrected chi connectivity index (χ2v) is 7.81. The molecule has 2 aromatic carbocycles. The van der Waals surface area contributed by atoms with Crippen LogP contribution in [0.15, 0.2) is 48.5 Å². The summed E-state index contributed by atoms with van der Waals surface area (Å²) >= 11 is 0. The fraction of sp³-hybridized carbons (Fsp3) is 0.391. The zero-order chi connectivity index (χ0) is 20.1. The van der Waals surface area contributed by atoms with Gasteiger partial charge in [0.05, 0.1) is 5.41 Å². The Balaban J connectivity index is 1.56. The minimum Gasteiger partial charge on any atom is -0.455 e. The molecule has 0 radical (unpaired) electrons. The first-order chi connectivity index (χ1) is 13.4. The summed E-state index contributed by atoms with van der Waals surface area (Å²) in [5.41, 5.74) is 2.97. The Kier molecular flexibility index (Phi) is 6.02. The molecule has 1 N–H and O–H groups in total. The highest BCUT2D eigenvalue weighted by molar-refractivity contribution is 5.94. The Morgan fingerprint density at radius 1 is 1.07 bits per heavy atom. The molecular formula is C23H28N2O3. The van der Waals surface area contributed by atoms with Crippen molar-refractivity contribution in [2.24, 2.45) is 0 Å². The molecule has 1 fully saturated rings. The molecule has 1 saturated heterocycles. The Hall–Kier alpha value is -2.82. The Morgan fingerprint density at radius 2 is 1.75 bits per heavy atom. The molecule has 0 atom stereocenters. The van der Waals surface area contributed by atoms with Gasteiger partial charge in [-0.1, -0.05) is 30.3 Å². The van der Waals surface area contributed by atoms with Crippen LogP contribution < -0.4 is 10.2 Å². The van der Waals surface area contributed by atoms with Crippen LogP contribution in [0.2, 0.25) is 0 Å². The van der Waals surface area contributed by atoms with Gasteiger partial charge in [-0.05, 0) is 62.9 Å². The van der Waals surface area contributed by atoms with Gasteiger partial charge in [-0.25, -0.2) is 0 Å². The predicted molar refractivity (Wildman–Crippen MR) is 112 cm³/mol. The quantitative estimate of drug-likeness (QED) is 0.768. The van der Waals surface area contributed by atoms with Gasteiger partial charge in [0, 0.05) is 24.5 Å². The number of nitrogens with zero attached hydrogens (tertiary/aromatic N) is 1. The third-order valence-electron chi connectivity index (χ3n) is 5.30. The number of benzene rings is 2. The van der Waals surface area contributed by atoms with E-state index in [1.54, 1.807) is 13.8 Å². The predicted octanol–water partition coefficient (Wildman–Crippen LogP) is 4.05. The van der Waals surface area contributed by atoms with Crippen LogP contribution in [-0.2, 0) is 19.7 Å². The van der Waals surface area contributed by atoms with Crippen LogP contribution in [0.3, 0.4) is 0 Å². The lowest BCUT2D eigenvalue weighted by atomic mass is 9.85. The van der Waals surface area contributed by atoms with Crippen LogP contribution >= 0.6 is 0 Å². The largest absolute Gasteiger partial charge is 0.455 e. The monoisotopic (exact) mass is 380 g/mol. The fourth-order valence-electron chi connectivity index (χ4n) is 3.43. The van der Waals surface area contributed by atoms with Crippen molar-refractivity contribution in [3.05, 3.63) is 59.7 Å². The van der Waals surface area contributed by atoms with Crippen molar-refractivity contribution in [3.63, 3.8) is 0 Å². The van der Waals surface area contributed by atoms with Crippen molar-refractivity contribution in [1.82, 2.24) is 0 Å². The van der Waals surface area contributed by atoms with Gasteiger partial charge in [-0.15, -0.1) is 0 Å². The lowest BCUT2D eigenvalue weighted by Gasteiger charge is -2.23. The van der Waals surface area contributed by atoms with Crippen molar-refractivity contribution >= 4 is 23.3 Å². The Morgan fingerprint density at radius 3 is 2.39 bits per heavy atom. The maximum absolute atomic E-state index is 12.5. The summed E-state index contributed by atoms with van der Waals surface area (Å²) < 4.78 is 5.28. The first-order valence-electron chi connectivity index (χ1n) is 9.76. The van der Waals surface area contributed by atoms with E-state index in [1.165, 1.54) is 18.5 Å². The smallest absolute Gasteiger partial charge is 0.316 e. The van der Waals surface area contributed by atoms with Gasteiger partial charge in [0.25, 0.3) is 5.91 Å². The molecule has 2 aromatic rings. The van der Waals surface area contributed by atoms with Crippen molar-refractivity contribution in [2.75, 3.05) is 29.9 Å². The molecule has 0 aliphatic carbocycles. The van der Waals surface area contributed by atoms with Crippen LogP contribution in [0.5, 0.6) is 0 Å². The highest BCUT2D eigenvalue weighted by Gasteiger charge is 2.31. The zero-order valence-corrected chi connectivity index (χ0v) is 16.8. The third kappa shape index (κ3) is 4.53. The number of nitrogens with one attached hydrogen (secondary N) is 1. The molecule has 0 bridgehead atoms. The summed E-state index contributed by atoms with van der Waals surface area (Å²) in [5, 5.41) is 2.84. The molecule has 0 spiro atoms. The van der Waals surface area contributed by atoms with Crippen molar-refractivity contribution in [1.29, 1.82) is 0 Å². The Bertz CT molecular complexity index is 840. The van der Waals surface area contributed by atoms with E-state index in [1.807, 2.05) is 49.4 Å². The first-order valence-corrected chi connectivity index (χ1v) is 9.76. The lowest BCUT2D eigenvalue weighted by Crippen LogP contribution is -2.33. The summed E-state index contributed by atoms with van der Waals surface area (Å²) in [7, 11) is 0. The van der Waals surface area contributed by atoms with Crippen molar-refractivity contribution < 1.29 is 14.3 Å². The minimum atomic E-state index is -0.811. The fourth-order valence-corrected chi connectivity index (χ4v) is 3.43. The maximum atomic E-state index is 12.5. The number of aryl methyl sites for hydroxylation is 1. The highest BCUT2D eigenvalue weighted by Crippen LogP contribution is 2.26. The van der Waals surface area contributed by atoms with Crippen molar-refractivity contribution in [3.8, 4) is 0 Å². The van der Waals surface area contributed by atoms with Gasteiger partial charge in [-0.2, -0.15) is 0 Å². The molecule has 0 aromatic heterocycles. The van der Waals surface area contributed by atoms with Gasteiger partial charge in [-0.3, -0.25) is 9.59 Å². The molecule has 5 heteroatoms. The third-order valence-corrected chi connectivity index (χ3v) is 5.30. The number of amides is 1. The van der Waals surface area contributed by atoms with E-state index in [-0.39, 0.29) is 12.5 Å². The van der Waals surface area contributed by atoms with Crippen LogP contribution in [0, 0.1) is 6.92 Å². The van der Waals surface area contributed by atoms with E-state index in [0.29, 0.717) is 0 Å². The average Bonchev–Trinajstić information content (AvgIpc) is 3.23. The van der Waals surface area contributed by atoms with E-state index in [0.717, 1.165) is 29.9 Å². The summed E-state index contributed by atoms with van der Waals surface area (Å²) in [6.45, 7) is 7.42. The van der Waals surface area contributed by atoms with Crippen molar-refractivity contribution in [2.45, 2.75) is 39.0 Å². The highest BCUT2D eigenvalue weighted by atomic mass is 16.5. The average molecular weight is 380 g/mol. The minimum absolute atomic E-state index is 0.303. The van der Waals surface area contributed by atoms with E-state index in [2.05, 4.69) is 16.3 Å². The molecule has 0 unspecified atom stereocenters. The number of ether oxygens (including phenoxy) is 1. The van der Waals surface area contributed by atoms with Crippen LogP contribution in [-0.4, -0.2) is 31.6 Å². The molecule has 5 nitrogen and oxygen atoms in total. The van der Waals surface area contributed by atoms with Gasteiger partial charge >= 0.3 is 5.97 Å². The number of rotatable bonds is 6. The summed E-state index contributed by atoms with van der Waals surface area (Å²) in [6.07, 6.45) is 2.45. The molecule has 28 heavy (non-hydrogen) atoms. The number of anilines is 2. The molecule has 3 rings (SSSR count). The van der Waals surface area contributed by atoms with Crippen LogP contribution in [0.25, 0.3) is 0 Å². The second kappa shape index (κ2) is 8.46. The van der Waals surface area contributed by atoms with Gasteiger partial charge in [0.2, 0.25) is 0 Å². The SMILES string of the molecule is Cc1cc(N2CCCC2)ccc1NC(=O)COC(=O)C(C)(C)c1ccccc1. The van der Waals surface area contributed by atoms with E-state index in [4.69, 9.17) is 4.74 Å². The molecule has 1 amide bonds. The van der Waals surface area contributed by atoms with E-state index in [9.17, 15) is 9.59 Å². The summed E-state index contributed by atoms with van der Waals surface area (Å²) in [5.74, 6) is -0.760. The summed E-state index contributed by atoms with van der Waals surface area (Å²) in [6, 6.07) is 15.5. The number of carbonyl (C=O) groups excluding carboxylic acids is 2. The number of carbonyl (C=O) groups is 2. The Labute approximate surface area is 166 Å². The van der Waals surface area contributed by atoms with Gasteiger partial charge in [0.1, 0.15) is 0 Å². The number of esters is 1. The van der Waals surface area contributed by atoms with Gasteiger partial charge in [0.15, 0.2) is 6.61 Å². The standard InChI is InChI=1S/C23H28N2O3/c1-17-15-19(25-13-7-8-14-25)11-12-20(17)24-21(26)16-28-22(27)23(2,3)18-9-5-4-6-10-18/h4-6,9-12,15H,7-8,13-14,16H2,1-3H3,(H,24,26). The topological polar surface area (TPSA) is 58.6 Å². The molecule has 148 valence electrons. The van der Waals surface area contributed by atoms with E-state index >= 15 is 0 Å². The van der Waals surface area contributed by atoms with Gasteiger partial charge < -0.3 is 15.0 Å². The second-order valence-electron chi connectivity index (χ2n) is 7.81. The molecule has 1 heterocycles. The maximum Gasteiger partial charge on any atom is 0.316 e. The lowest BCUT2D eigenvalue weighted by molar-refractivity contribution is -0.152. The normalized spacial score (nSPS) is 14.0. The number of hydrogen-bond acceptors (Lipinski definition) is 4. The number of hydrogen-bond donors (Lipinski definition) is 1. The molecular weight excluding hydrogens is 352 g/mol. The first kappa shape index (κ1) is 19.9. The van der Waals surface area contributed by atoms with Crippen LogP contribution in [0.4, 0.5) is 11.4 Å².